The van der Waals surface area contributed by atoms with E-state index in [1.165, 1.54) is 24.1 Å². The van der Waals surface area contributed by atoms with E-state index in [9.17, 15) is 14.4 Å². The highest BCUT2D eigenvalue weighted by atomic mass is 35.5. The van der Waals surface area contributed by atoms with Crippen LogP contribution in [0.25, 0.3) is 5.57 Å². The number of methoxy groups -OCH3 is 1. The minimum atomic E-state index is -0.622. The Hall–Kier alpha value is -3.96. The molecule has 0 radical (unpaired) electrons. The molecule has 0 spiro atoms. The van der Waals surface area contributed by atoms with Crippen LogP contribution in [0, 0.1) is 23.7 Å². The van der Waals surface area contributed by atoms with Crippen molar-refractivity contribution in [2.45, 2.75) is 0 Å². The molecular formula is C30H22ClNO4. The molecule has 2 bridgehead atoms. The van der Waals surface area contributed by atoms with E-state index in [2.05, 4.69) is 36.4 Å². The van der Waals surface area contributed by atoms with E-state index in [0.29, 0.717) is 5.69 Å². The largest absolute Gasteiger partial charge is 0.465 e. The van der Waals surface area contributed by atoms with Gasteiger partial charge in [-0.2, -0.15) is 0 Å². The van der Waals surface area contributed by atoms with Gasteiger partial charge in [0.15, 0.2) is 0 Å². The molecule has 5 nitrogen and oxygen atoms in total. The molecule has 6 rings (SSSR count). The summed E-state index contributed by atoms with van der Waals surface area (Å²) in [6.45, 7) is 0. The minimum Gasteiger partial charge on any atom is -0.465 e. The second-order valence-electron chi connectivity index (χ2n) is 9.22. The maximum Gasteiger partial charge on any atom is 0.339 e. The summed E-state index contributed by atoms with van der Waals surface area (Å²) in [5.41, 5.74) is 4.78. The number of hydrogen-bond donors (Lipinski definition) is 0. The van der Waals surface area contributed by atoms with Crippen LogP contribution in [-0.2, 0) is 14.3 Å². The maximum absolute atomic E-state index is 13.8. The molecule has 1 heterocycles. The van der Waals surface area contributed by atoms with Crippen LogP contribution in [0.5, 0.6) is 0 Å². The first-order valence-corrected chi connectivity index (χ1v) is 12.2. The summed E-state index contributed by atoms with van der Waals surface area (Å²) < 4.78 is 4.80. The molecule has 36 heavy (non-hydrogen) atoms. The average molecular weight is 496 g/mol. The number of amides is 2. The number of rotatable bonds is 4. The summed E-state index contributed by atoms with van der Waals surface area (Å²) >= 11 is 6.17. The van der Waals surface area contributed by atoms with Crippen molar-refractivity contribution in [3.05, 3.63) is 118 Å². The van der Waals surface area contributed by atoms with Crippen molar-refractivity contribution in [2.24, 2.45) is 23.7 Å². The third kappa shape index (κ3) is 3.27. The van der Waals surface area contributed by atoms with Crippen LogP contribution in [-0.4, -0.2) is 24.9 Å². The smallest absolute Gasteiger partial charge is 0.339 e. The molecule has 3 aromatic carbocycles. The zero-order chi connectivity index (χ0) is 25.0. The molecule has 3 aromatic rings. The Morgan fingerprint density at radius 1 is 0.806 bits per heavy atom. The number of esters is 1. The van der Waals surface area contributed by atoms with Crippen LogP contribution in [0.2, 0.25) is 5.02 Å². The Morgan fingerprint density at radius 2 is 1.33 bits per heavy atom. The molecule has 0 aromatic heterocycles. The van der Waals surface area contributed by atoms with Gasteiger partial charge >= 0.3 is 5.97 Å². The van der Waals surface area contributed by atoms with Crippen LogP contribution < -0.4 is 4.90 Å². The highest BCUT2D eigenvalue weighted by Gasteiger charge is 2.62. The van der Waals surface area contributed by atoms with Gasteiger partial charge in [0.05, 0.1) is 35.2 Å². The molecule has 2 amide bonds. The quantitative estimate of drug-likeness (QED) is 0.270. The number of allylic oxidation sites excluding steroid dienone is 3. The predicted molar refractivity (Wildman–Crippen MR) is 137 cm³/mol. The monoisotopic (exact) mass is 495 g/mol. The third-order valence-corrected chi connectivity index (χ3v) is 7.77. The van der Waals surface area contributed by atoms with Crippen LogP contribution in [0.3, 0.4) is 0 Å². The third-order valence-electron chi connectivity index (χ3n) is 7.44. The molecule has 0 unspecified atom stereocenters. The lowest BCUT2D eigenvalue weighted by molar-refractivity contribution is -0.122. The van der Waals surface area contributed by atoms with Crippen molar-refractivity contribution in [2.75, 3.05) is 12.0 Å². The van der Waals surface area contributed by atoms with Crippen molar-refractivity contribution in [1.82, 2.24) is 0 Å². The summed E-state index contributed by atoms with van der Waals surface area (Å²) in [4.78, 5) is 40.9. The molecule has 2 aliphatic carbocycles. The first-order valence-electron chi connectivity index (χ1n) is 11.8. The van der Waals surface area contributed by atoms with Crippen molar-refractivity contribution in [3.8, 4) is 0 Å². The van der Waals surface area contributed by atoms with E-state index in [0.717, 1.165) is 22.3 Å². The van der Waals surface area contributed by atoms with E-state index >= 15 is 0 Å². The molecule has 178 valence electrons. The van der Waals surface area contributed by atoms with Crippen LogP contribution in [0.15, 0.2) is 96.6 Å². The predicted octanol–water partition coefficient (Wildman–Crippen LogP) is 5.55. The average Bonchev–Trinajstić information content (AvgIpc) is 3.54. The number of carbonyl (C=O) groups excluding carboxylic acids is 3. The van der Waals surface area contributed by atoms with Gasteiger partial charge in [0.2, 0.25) is 11.8 Å². The lowest BCUT2D eigenvalue weighted by Gasteiger charge is -2.22. The van der Waals surface area contributed by atoms with Crippen LogP contribution >= 0.6 is 11.6 Å². The topological polar surface area (TPSA) is 63.7 Å². The number of ether oxygens (including phenoxy) is 1. The number of hydrogen-bond acceptors (Lipinski definition) is 4. The fourth-order valence-corrected chi connectivity index (χ4v) is 6.17. The Bertz CT molecular complexity index is 1390. The van der Waals surface area contributed by atoms with Gasteiger partial charge in [0.25, 0.3) is 0 Å². The fourth-order valence-electron chi connectivity index (χ4n) is 5.98. The summed E-state index contributed by atoms with van der Waals surface area (Å²) in [6, 6.07) is 24.8. The molecule has 1 saturated heterocycles. The molecule has 2 fully saturated rings. The lowest BCUT2D eigenvalue weighted by atomic mass is 9.85. The van der Waals surface area contributed by atoms with Crippen molar-refractivity contribution in [3.63, 3.8) is 0 Å². The summed E-state index contributed by atoms with van der Waals surface area (Å²) in [5.74, 6) is -2.45. The fraction of sp³-hybridized carbons (Fsp3) is 0.167. The first-order chi connectivity index (χ1) is 17.5. The molecule has 1 saturated carbocycles. The van der Waals surface area contributed by atoms with Gasteiger partial charge in [-0.25, -0.2) is 9.69 Å². The van der Waals surface area contributed by atoms with Gasteiger partial charge in [-0.15, -0.1) is 0 Å². The van der Waals surface area contributed by atoms with E-state index in [4.69, 9.17) is 16.3 Å². The number of carbonyl (C=O) groups is 3. The number of imide groups is 1. The zero-order valence-corrected chi connectivity index (χ0v) is 20.2. The molecule has 0 N–H and O–H groups in total. The van der Waals surface area contributed by atoms with Gasteiger partial charge in [-0.05, 0) is 40.5 Å². The first kappa shape index (κ1) is 22.5. The standard InChI is InChI=1S/C30H22ClNO4/c1-36-30(35)22-16-19(12-15-23(22)31)32-28(33)26-20-13-14-21(27(26)29(32)34)25(20)24(17-8-4-2-5-9-17)18-10-6-3-7-11-18/h2-16,20-21,26-27H,1H3/t20-,21-,26+,27+/m1/s1. The van der Waals surface area contributed by atoms with Crippen molar-refractivity contribution < 1.29 is 19.1 Å². The molecule has 4 atom stereocenters. The molecule has 3 aliphatic rings. The van der Waals surface area contributed by atoms with Crippen LogP contribution in [0.4, 0.5) is 5.69 Å². The second kappa shape index (κ2) is 8.61. The van der Waals surface area contributed by atoms with Gasteiger partial charge in [-0.1, -0.05) is 84.4 Å². The number of halogens is 1. The van der Waals surface area contributed by atoms with E-state index in [-0.39, 0.29) is 34.2 Å². The van der Waals surface area contributed by atoms with Gasteiger partial charge in [0, 0.05) is 11.8 Å². The number of fused-ring (bicyclic) bond motifs is 5. The summed E-state index contributed by atoms with van der Waals surface area (Å²) in [6.07, 6.45) is 4.15. The summed E-state index contributed by atoms with van der Waals surface area (Å²) in [5, 5.41) is 0.201. The highest BCUT2D eigenvalue weighted by Crippen LogP contribution is 2.58. The van der Waals surface area contributed by atoms with Crippen molar-refractivity contribution in [1.29, 1.82) is 0 Å². The van der Waals surface area contributed by atoms with Gasteiger partial charge in [0.1, 0.15) is 0 Å². The Morgan fingerprint density at radius 3 is 1.83 bits per heavy atom. The normalized spacial score (nSPS) is 23.8. The number of nitrogens with zero attached hydrogens (tertiary/aromatic N) is 1. The highest BCUT2D eigenvalue weighted by molar-refractivity contribution is 6.34. The van der Waals surface area contributed by atoms with Crippen LogP contribution in [0.1, 0.15) is 21.5 Å². The molecule has 6 heteroatoms. The Balaban J connectivity index is 1.45. The minimum absolute atomic E-state index is 0.117. The maximum atomic E-state index is 13.8. The zero-order valence-electron chi connectivity index (χ0n) is 19.4. The van der Waals surface area contributed by atoms with E-state index < -0.39 is 17.8 Å². The summed E-state index contributed by atoms with van der Waals surface area (Å²) in [7, 11) is 1.26. The van der Waals surface area contributed by atoms with E-state index in [1.807, 2.05) is 36.4 Å². The van der Waals surface area contributed by atoms with Gasteiger partial charge in [-0.3, -0.25) is 9.59 Å². The van der Waals surface area contributed by atoms with Crippen molar-refractivity contribution >= 4 is 40.6 Å². The number of anilines is 1. The molecule has 1 aliphatic heterocycles. The SMILES string of the molecule is COC(=O)c1cc(N2C(=O)[C@@H]3[C@@H](C2=O)[C@@H]2C=C[C@@H]3C2=C(c2ccccc2)c2ccccc2)ccc1Cl. The Kier molecular flexibility index (Phi) is 5.38. The molecular weight excluding hydrogens is 474 g/mol. The van der Waals surface area contributed by atoms with Gasteiger partial charge < -0.3 is 4.74 Å². The number of benzene rings is 3. The Labute approximate surface area is 213 Å². The second-order valence-corrected chi connectivity index (χ2v) is 9.63. The van der Waals surface area contributed by atoms with E-state index in [1.54, 1.807) is 6.07 Å². The lowest BCUT2D eigenvalue weighted by Crippen LogP contribution is -2.33.